The average molecular weight is 460 g/mol. The van der Waals surface area contributed by atoms with E-state index in [1.165, 1.54) is 33.5 Å². The van der Waals surface area contributed by atoms with Crippen LogP contribution in [0.3, 0.4) is 0 Å². The zero-order chi connectivity index (χ0) is 23.4. The highest BCUT2D eigenvalue weighted by molar-refractivity contribution is 6.44. The van der Waals surface area contributed by atoms with Crippen molar-refractivity contribution in [3.63, 3.8) is 0 Å². The minimum absolute atomic E-state index is 0.0770. The van der Waals surface area contributed by atoms with Gasteiger partial charge in [0, 0.05) is 30.0 Å². The first-order chi connectivity index (χ1) is 15.3. The minimum Gasteiger partial charge on any atom is -0.493 e. The summed E-state index contributed by atoms with van der Waals surface area (Å²) in [7, 11) is 4.09. The predicted octanol–water partition coefficient (Wildman–Crippen LogP) is 3.57. The number of methoxy groups -OCH3 is 3. The summed E-state index contributed by atoms with van der Waals surface area (Å²) >= 11 is 6.17. The van der Waals surface area contributed by atoms with Crippen molar-refractivity contribution in [1.29, 1.82) is 0 Å². The number of hydrogen-bond donors (Lipinski definition) is 1. The largest absolute Gasteiger partial charge is 0.493 e. The van der Waals surface area contributed by atoms with Gasteiger partial charge in [-0.2, -0.15) is 5.10 Å². The SMILES string of the molecule is COC(=O)c1cc(OC)c(OC)cc1NC(=O)C1=NN(c2ccc(C)c(Cl)c2)C(=O)CC1. The predicted molar refractivity (Wildman–Crippen MR) is 120 cm³/mol. The number of carbonyl (C=O) groups excluding carboxylic acids is 3. The smallest absolute Gasteiger partial charge is 0.340 e. The molecule has 0 unspecified atom stereocenters. The molecule has 0 bridgehead atoms. The number of hydrogen-bond acceptors (Lipinski definition) is 7. The second-order valence-electron chi connectivity index (χ2n) is 6.88. The second kappa shape index (κ2) is 9.69. The van der Waals surface area contributed by atoms with Crippen LogP contribution in [0.15, 0.2) is 35.4 Å². The molecule has 1 heterocycles. The highest BCUT2D eigenvalue weighted by Crippen LogP contribution is 2.34. The summed E-state index contributed by atoms with van der Waals surface area (Å²) in [5, 5.41) is 8.52. The number of benzene rings is 2. The molecular formula is C22H22ClN3O6. The number of ether oxygens (including phenoxy) is 3. The zero-order valence-corrected chi connectivity index (χ0v) is 18.8. The van der Waals surface area contributed by atoms with Crippen molar-refractivity contribution in [2.24, 2.45) is 5.10 Å². The van der Waals surface area contributed by atoms with Gasteiger partial charge in [0.15, 0.2) is 11.5 Å². The van der Waals surface area contributed by atoms with Crippen LogP contribution in [-0.2, 0) is 14.3 Å². The van der Waals surface area contributed by atoms with Gasteiger partial charge < -0.3 is 19.5 Å². The van der Waals surface area contributed by atoms with Crippen molar-refractivity contribution in [2.75, 3.05) is 31.7 Å². The van der Waals surface area contributed by atoms with Crippen molar-refractivity contribution in [2.45, 2.75) is 19.8 Å². The molecule has 3 rings (SSSR count). The van der Waals surface area contributed by atoms with Crippen molar-refractivity contribution in [3.8, 4) is 11.5 Å². The highest BCUT2D eigenvalue weighted by Gasteiger charge is 2.27. The molecule has 0 saturated carbocycles. The Hall–Kier alpha value is -3.59. The number of carbonyl (C=O) groups is 3. The van der Waals surface area contributed by atoms with E-state index in [4.69, 9.17) is 25.8 Å². The first kappa shape index (κ1) is 23.1. The van der Waals surface area contributed by atoms with Gasteiger partial charge in [0.25, 0.3) is 5.91 Å². The lowest BCUT2D eigenvalue weighted by Gasteiger charge is -2.23. The molecule has 0 radical (unpaired) electrons. The first-order valence-electron chi connectivity index (χ1n) is 9.61. The number of esters is 1. The maximum atomic E-state index is 13.0. The van der Waals surface area contributed by atoms with Crippen LogP contribution < -0.4 is 19.8 Å². The Morgan fingerprint density at radius 3 is 2.38 bits per heavy atom. The Labute approximate surface area is 189 Å². The van der Waals surface area contributed by atoms with E-state index in [-0.39, 0.29) is 35.7 Å². The molecule has 1 aliphatic heterocycles. The van der Waals surface area contributed by atoms with Crippen LogP contribution in [0.4, 0.5) is 11.4 Å². The Kier molecular flexibility index (Phi) is 6.99. The number of anilines is 2. The van der Waals surface area contributed by atoms with Crippen molar-refractivity contribution < 1.29 is 28.6 Å². The molecule has 0 saturated heterocycles. The van der Waals surface area contributed by atoms with Crippen molar-refractivity contribution in [3.05, 3.63) is 46.5 Å². The number of aryl methyl sites for hydroxylation is 1. The molecule has 0 spiro atoms. The van der Waals surface area contributed by atoms with Crippen LogP contribution in [-0.4, -0.2) is 44.8 Å². The maximum Gasteiger partial charge on any atom is 0.340 e. The van der Waals surface area contributed by atoms with E-state index in [9.17, 15) is 14.4 Å². The summed E-state index contributed by atoms with van der Waals surface area (Å²) in [6, 6.07) is 7.94. The third kappa shape index (κ3) is 4.67. The molecule has 2 aromatic rings. The fourth-order valence-electron chi connectivity index (χ4n) is 3.09. The van der Waals surface area contributed by atoms with Gasteiger partial charge in [0.1, 0.15) is 5.71 Å². The molecule has 2 aromatic carbocycles. The summed E-state index contributed by atoms with van der Waals surface area (Å²) in [6.45, 7) is 1.84. The molecule has 0 aliphatic carbocycles. The zero-order valence-electron chi connectivity index (χ0n) is 18.0. The Morgan fingerprint density at radius 2 is 1.75 bits per heavy atom. The van der Waals surface area contributed by atoms with Crippen LogP contribution in [0.5, 0.6) is 11.5 Å². The van der Waals surface area contributed by atoms with Gasteiger partial charge in [-0.15, -0.1) is 0 Å². The van der Waals surface area contributed by atoms with Crippen LogP contribution in [0.25, 0.3) is 0 Å². The third-order valence-electron chi connectivity index (χ3n) is 4.87. The summed E-state index contributed by atoms with van der Waals surface area (Å²) in [5.41, 5.74) is 1.66. The normalized spacial score (nSPS) is 13.3. The van der Waals surface area contributed by atoms with Crippen LogP contribution in [0.2, 0.25) is 5.02 Å². The number of nitrogens with one attached hydrogen (secondary N) is 1. The fourth-order valence-corrected chi connectivity index (χ4v) is 3.26. The number of amides is 2. The van der Waals surface area contributed by atoms with E-state index in [0.29, 0.717) is 22.2 Å². The second-order valence-corrected chi connectivity index (χ2v) is 7.29. The topological polar surface area (TPSA) is 107 Å². The Balaban J connectivity index is 1.94. The van der Waals surface area contributed by atoms with E-state index in [1.54, 1.807) is 18.2 Å². The maximum absolute atomic E-state index is 13.0. The lowest BCUT2D eigenvalue weighted by Crippen LogP contribution is -2.36. The van der Waals surface area contributed by atoms with E-state index in [1.807, 2.05) is 6.92 Å². The number of hydrazone groups is 1. The van der Waals surface area contributed by atoms with Gasteiger partial charge in [0.2, 0.25) is 5.91 Å². The molecule has 1 aliphatic rings. The molecule has 1 N–H and O–H groups in total. The fraction of sp³-hybridized carbons (Fsp3) is 0.273. The van der Waals surface area contributed by atoms with Crippen LogP contribution >= 0.6 is 11.6 Å². The van der Waals surface area contributed by atoms with Gasteiger partial charge in [-0.1, -0.05) is 17.7 Å². The van der Waals surface area contributed by atoms with Gasteiger partial charge in [0.05, 0.1) is 38.3 Å². The quantitative estimate of drug-likeness (QED) is 0.662. The van der Waals surface area contributed by atoms with Gasteiger partial charge in [-0.3, -0.25) is 9.59 Å². The van der Waals surface area contributed by atoms with E-state index in [2.05, 4.69) is 10.4 Å². The Morgan fingerprint density at radius 1 is 1.06 bits per heavy atom. The lowest BCUT2D eigenvalue weighted by atomic mass is 10.1. The molecular weight excluding hydrogens is 438 g/mol. The van der Waals surface area contributed by atoms with Gasteiger partial charge >= 0.3 is 5.97 Å². The summed E-state index contributed by atoms with van der Waals surface area (Å²) in [4.78, 5) is 37.6. The van der Waals surface area contributed by atoms with E-state index < -0.39 is 11.9 Å². The molecule has 2 amide bonds. The average Bonchev–Trinajstić information content (AvgIpc) is 2.80. The summed E-state index contributed by atoms with van der Waals surface area (Å²) < 4.78 is 15.3. The Bertz CT molecular complexity index is 1120. The van der Waals surface area contributed by atoms with Crippen LogP contribution in [0.1, 0.15) is 28.8 Å². The first-order valence-corrected chi connectivity index (χ1v) is 9.99. The summed E-state index contributed by atoms with van der Waals surface area (Å²) in [6.07, 6.45) is 0.231. The molecule has 32 heavy (non-hydrogen) atoms. The molecule has 0 atom stereocenters. The van der Waals surface area contributed by atoms with Crippen LogP contribution in [0, 0.1) is 6.92 Å². The molecule has 0 fully saturated rings. The minimum atomic E-state index is -0.669. The number of halogens is 1. The number of rotatable bonds is 6. The van der Waals surface area contributed by atoms with Gasteiger partial charge in [-0.05, 0) is 24.6 Å². The highest BCUT2D eigenvalue weighted by atomic mass is 35.5. The lowest BCUT2D eigenvalue weighted by molar-refractivity contribution is -0.118. The molecule has 0 aromatic heterocycles. The monoisotopic (exact) mass is 459 g/mol. The van der Waals surface area contributed by atoms with E-state index >= 15 is 0 Å². The molecule has 168 valence electrons. The van der Waals surface area contributed by atoms with Crippen molar-refractivity contribution >= 4 is 46.5 Å². The summed E-state index contributed by atoms with van der Waals surface area (Å²) in [5.74, 6) is -0.889. The standard InChI is InChI=1S/C22H22ClN3O6/c1-12-5-6-13(9-15(12)23)26-20(27)8-7-16(25-26)21(28)24-17-11-19(31-3)18(30-2)10-14(17)22(29)32-4/h5-6,9-11H,7-8H2,1-4H3,(H,24,28). The molecule has 10 heteroatoms. The van der Waals surface area contributed by atoms with E-state index in [0.717, 1.165) is 10.6 Å². The number of nitrogens with zero attached hydrogens (tertiary/aromatic N) is 2. The third-order valence-corrected chi connectivity index (χ3v) is 5.28. The molecule has 9 nitrogen and oxygen atoms in total. The van der Waals surface area contributed by atoms with Crippen molar-refractivity contribution in [1.82, 2.24) is 0 Å². The van der Waals surface area contributed by atoms with Gasteiger partial charge in [-0.25, -0.2) is 9.80 Å².